The largest absolute Gasteiger partial charge is 0.318 e. The van der Waals surface area contributed by atoms with Crippen LogP contribution in [0.4, 0.5) is 5.69 Å². The number of benzene rings is 1. The Kier molecular flexibility index (Phi) is 5.74. The van der Waals surface area contributed by atoms with E-state index in [0.29, 0.717) is 29.6 Å². The lowest BCUT2D eigenvalue weighted by Crippen LogP contribution is -2.15. The summed E-state index contributed by atoms with van der Waals surface area (Å²) in [4.78, 5) is 12.5. The molecular formula is C20H19BrClN7O. The summed E-state index contributed by atoms with van der Waals surface area (Å²) in [6.45, 7) is 4.91. The average molecular weight is 489 g/mol. The lowest BCUT2D eigenvalue weighted by atomic mass is 10.2. The number of nitrogens with zero attached hydrogens (tertiary/aromatic N) is 6. The molecule has 0 aliphatic rings. The van der Waals surface area contributed by atoms with Gasteiger partial charge in [0.25, 0.3) is 5.91 Å². The van der Waals surface area contributed by atoms with E-state index in [2.05, 4.69) is 36.5 Å². The van der Waals surface area contributed by atoms with Gasteiger partial charge in [-0.05, 0) is 53.5 Å². The van der Waals surface area contributed by atoms with Gasteiger partial charge in [-0.1, -0.05) is 23.7 Å². The first-order chi connectivity index (χ1) is 14.4. The third-order valence-corrected chi connectivity index (χ3v) is 5.99. The SMILES string of the molecule is Cc1nn(Cn2ccc(C(=O)Nc3cnn(Cc4ccc(Cl)cc4)c3)n2)c(C)c1Br. The Bertz CT molecular complexity index is 1190. The van der Waals surface area contributed by atoms with E-state index >= 15 is 0 Å². The van der Waals surface area contributed by atoms with Crippen molar-refractivity contribution in [2.45, 2.75) is 27.1 Å². The van der Waals surface area contributed by atoms with Crippen LogP contribution >= 0.6 is 27.5 Å². The fraction of sp³-hybridized carbons (Fsp3) is 0.200. The summed E-state index contributed by atoms with van der Waals surface area (Å²) in [5, 5.41) is 16.6. The van der Waals surface area contributed by atoms with Crippen molar-refractivity contribution >= 4 is 39.1 Å². The molecule has 3 heterocycles. The predicted octanol–water partition coefficient (Wildman–Crippen LogP) is 4.12. The van der Waals surface area contributed by atoms with Crippen molar-refractivity contribution < 1.29 is 4.79 Å². The molecule has 0 unspecified atom stereocenters. The third kappa shape index (κ3) is 4.47. The first-order valence-corrected chi connectivity index (χ1v) is 10.4. The Morgan fingerprint density at radius 3 is 2.60 bits per heavy atom. The lowest BCUT2D eigenvalue weighted by Gasteiger charge is -2.04. The molecule has 10 heteroatoms. The van der Waals surface area contributed by atoms with E-state index in [9.17, 15) is 4.79 Å². The van der Waals surface area contributed by atoms with E-state index in [0.717, 1.165) is 21.4 Å². The molecule has 4 rings (SSSR count). The lowest BCUT2D eigenvalue weighted by molar-refractivity contribution is 0.102. The van der Waals surface area contributed by atoms with Gasteiger partial charge in [-0.2, -0.15) is 15.3 Å². The molecular weight excluding hydrogens is 470 g/mol. The summed E-state index contributed by atoms with van der Waals surface area (Å²) in [7, 11) is 0. The topological polar surface area (TPSA) is 82.6 Å². The summed E-state index contributed by atoms with van der Waals surface area (Å²) >= 11 is 9.43. The average Bonchev–Trinajstić information content (AvgIpc) is 3.42. The molecule has 30 heavy (non-hydrogen) atoms. The molecule has 0 bridgehead atoms. The smallest absolute Gasteiger partial charge is 0.276 e. The maximum Gasteiger partial charge on any atom is 0.276 e. The van der Waals surface area contributed by atoms with Crippen LogP contribution in [0.5, 0.6) is 0 Å². The fourth-order valence-corrected chi connectivity index (χ4v) is 3.41. The van der Waals surface area contributed by atoms with Gasteiger partial charge in [-0.3, -0.25) is 14.2 Å². The van der Waals surface area contributed by atoms with Crippen LogP contribution in [0.1, 0.15) is 27.4 Å². The molecule has 0 atom stereocenters. The fourth-order valence-electron chi connectivity index (χ4n) is 3.00. The zero-order valence-corrected chi connectivity index (χ0v) is 18.7. The highest BCUT2D eigenvalue weighted by molar-refractivity contribution is 9.10. The normalized spacial score (nSPS) is 11.1. The van der Waals surface area contributed by atoms with Crippen LogP contribution in [0.15, 0.2) is 53.4 Å². The molecule has 0 radical (unpaired) electrons. The zero-order valence-electron chi connectivity index (χ0n) is 16.4. The van der Waals surface area contributed by atoms with Gasteiger partial charge in [0.2, 0.25) is 0 Å². The number of hydrogen-bond acceptors (Lipinski definition) is 4. The van der Waals surface area contributed by atoms with Crippen molar-refractivity contribution in [3.8, 4) is 0 Å². The minimum Gasteiger partial charge on any atom is -0.318 e. The van der Waals surface area contributed by atoms with Crippen LogP contribution in [0.3, 0.4) is 0 Å². The number of aromatic nitrogens is 6. The van der Waals surface area contributed by atoms with Gasteiger partial charge >= 0.3 is 0 Å². The molecule has 0 spiro atoms. The molecule has 1 aromatic carbocycles. The van der Waals surface area contributed by atoms with Crippen LogP contribution in [0.2, 0.25) is 5.02 Å². The van der Waals surface area contributed by atoms with Crippen LogP contribution in [-0.4, -0.2) is 35.2 Å². The van der Waals surface area contributed by atoms with Crippen LogP contribution < -0.4 is 5.32 Å². The summed E-state index contributed by atoms with van der Waals surface area (Å²) in [5.41, 5.74) is 3.90. The Morgan fingerprint density at radius 1 is 1.13 bits per heavy atom. The third-order valence-electron chi connectivity index (χ3n) is 4.59. The number of nitrogens with one attached hydrogen (secondary N) is 1. The van der Waals surface area contributed by atoms with Gasteiger partial charge in [0.1, 0.15) is 6.67 Å². The number of carbonyl (C=O) groups excluding carboxylic acids is 1. The van der Waals surface area contributed by atoms with E-state index in [1.54, 1.807) is 34.0 Å². The highest BCUT2D eigenvalue weighted by atomic mass is 79.9. The van der Waals surface area contributed by atoms with Gasteiger partial charge < -0.3 is 5.32 Å². The molecule has 3 aromatic heterocycles. The van der Waals surface area contributed by atoms with Gasteiger partial charge in [0.05, 0.1) is 34.3 Å². The molecule has 0 saturated carbocycles. The Balaban J connectivity index is 1.39. The van der Waals surface area contributed by atoms with Crippen LogP contribution in [0.25, 0.3) is 0 Å². The molecule has 0 aliphatic carbocycles. The summed E-state index contributed by atoms with van der Waals surface area (Å²) < 4.78 is 6.22. The number of hydrogen-bond donors (Lipinski definition) is 1. The van der Waals surface area contributed by atoms with Crippen molar-refractivity contribution in [3.63, 3.8) is 0 Å². The molecule has 0 fully saturated rings. The second kappa shape index (κ2) is 8.45. The number of rotatable bonds is 6. The molecule has 4 aromatic rings. The van der Waals surface area contributed by atoms with Crippen molar-refractivity contribution in [1.82, 2.24) is 29.3 Å². The summed E-state index contributed by atoms with van der Waals surface area (Å²) in [6, 6.07) is 9.23. The molecule has 0 aliphatic heterocycles. The highest BCUT2D eigenvalue weighted by Gasteiger charge is 2.13. The first kappa shape index (κ1) is 20.4. The minimum absolute atomic E-state index is 0.297. The highest BCUT2D eigenvalue weighted by Crippen LogP contribution is 2.19. The van der Waals surface area contributed by atoms with Crippen molar-refractivity contribution in [3.05, 3.63) is 81.1 Å². The number of anilines is 1. The monoisotopic (exact) mass is 487 g/mol. The standard InChI is InChI=1S/C20H19BrClN7O/c1-13-19(21)14(2)29(25-13)12-27-8-7-18(26-27)20(30)24-17-9-23-28(11-17)10-15-3-5-16(22)6-4-15/h3-9,11H,10,12H2,1-2H3,(H,24,30). The predicted molar refractivity (Wildman–Crippen MR) is 118 cm³/mol. The second-order valence-corrected chi connectivity index (χ2v) is 8.10. The van der Waals surface area contributed by atoms with Crippen LogP contribution in [-0.2, 0) is 13.2 Å². The van der Waals surface area contributed by atoms with E-state index in [4.69, 9.17) is 11.6 Å². The molecule has 0 saturated heterocycles. The van der Waals surface area contributed by atoms with Gasteiger partial charge in [-0.15, -0.1) is 0 Å². The summed E-state index contributed by atoms with van der Waals surface area (Å²) in [5.74, 6) is -0.297. The molecule has 154 valence electrons. The van der Waals surface area contributed by atoms with E-state index < -0.39 is 0 Å². The first-order valence-electron chi connectivity index (χ1n) is 9.20. The van der Waals surface area contributed by atoms with Gasteiger partial charge in [-0.25, -0.2) is 4.68 Å². The Morgan fingerprint density at radius 2 is 1.90 bits per heavy atom. The van der Waals surface area contributed by atoms with Crippen LogP contribution in [0, 0.1) is 13.8 Å². The van der Waals surface area contributed by atoms with E-state index in [1.807, 2.05) is 42.8 Å². The molecule has 8 nitrogen and oxygen atoms in total. The van der Waals surface area contributed by atoms with Gasteiger partial charge in [0, 0.05) is 17.4 Å². The number of carbonyl (C=O) groups is 1. The Labute approximate surface area is 186 Å². The van der Waals surface area contributed by atoms with E-state index in [1.165, 1.54) is 0 Å². The maximum absolute atomic E-state index is 12.5. The molecule has 1 amide bonds. The number of aryl methyl sites for hydroxylation is 1. The van der Waals surface area contributed by atoms with Crippen molar-refractivity contribution in [2.75, 3.05) is 5.32 Å². The zero-order chi connectivity index (χ0) is 21.3. The van der Waals surface area contributed by atoms with Crippen molar-refractivity contribution in [1.29, 1.82) is 0 Å². The minimum atomic E-state index is -0.297. The van der Waals surface area contributed by atoms with Gasteiger partial charge in [0.15, 0.2) is 5.69 Å². The number of halogens is 2. The summed E-state index contributed by atoms with van der Waals surface area (Å²) in [6.07, 6.45) is 5.14. The maximum atomic E-state index is 12.5. The molecule has 1 N–H and O–H groups in total. The second-order valence-electron chi connectivity index (χ2n) is 6.87. The Hall–Kier alpha value is -2.91. The van der Waals surface area contributed by atoms with Crippen molar-refractivity contribution in [2.24, 2.45) is 0 Å². The quantitative estimate of drug-likeness (QED) is 0.443. The number of amides is 1. The van der Waals surface area contributed by atoms with E-state index in [-0.39, 0.29) is 5.91 Å².